The maximum absolute atomic E-state index is 12.9. The molecule has 1 N–H and O–H groups in total. The summed E-state index contributed by atoms with van der Waals surface area (Å²) in [6.45, 7) is 0.342. The number of methoxy groups -OCH3 is 2. The van der Waals surface area contributed by atoms with Crippen molar-refractivity contribution < 1.29 is 18.7 Å². The lowest BCUT2D eigenvalue weighted by atomic mass is 10.1. The van der Waals surface area contributed by atoms with Crippen molar-refractivity contribution in [3.63, 3.8) is 0 Å². The van der Waals surface area contributed by atoms with Gasteiger partial charge in [0.15, 0.2) is 17.3 Å². The van der Waals surface area contributed by atoms with Crippen LogP contribution in [-0.2, 0) is 6.54 Å². The molecular weight excluding hydrogens is 392 g/mol. The molecule has 0 atom stereocenters. The topological polar surface area (TPSA) is 73.6 Å². The molecule has 4 aromatic rings. The zero-order chi connectivity index (χ0) is 21.6. The van der Waals surface area contributed by atoms with Gasteiger partial charge in [0.2, 0.25) is 5.89 Å². The number of benzene rings is 3. The van der Waals surface area contributed by atoms with Crippen LogP contribution in [0.4, 0.5) is 0 Å². The average molecular weight is 414 g/mol. The molecule has 1 heterocycles. The maximum atomic E-state index is 12.9. The number of amides is 1. The molecule has 31 heavy (non-hydrogen) atoms. The largest absolute Gasteiger partial charge is 0.493 e. The van der Waals surface area contributed by atoms with Crippen molar-refractivity contribution in [1.82, 2.24) is 10.3 Å². The third-order valence-electron chi connectivity index (χ3n) is 4.87. The van der Waals surface area contributed by atoms with Crippen molar-refractivity contribution in [3.8, 4) is 34.3 Å². The van der Waals surface area contributed by atoms with Crippen LogP contribution in [0.15, 0.2) is 83.4 Å². The molecule has 6 heteroatoms. The summed E-state index contributed by atoms with van der Waals surface area (Å²) in [7, 11) is 3.17. The average Bonchev–Trinajstić information content (AvgIpc) is 3.33. The predicted octanol–water partition coefficient (Wildman–Crippen LogP) is 4.96. The van der Waals surface area contributed by atoms with E-state index >= 15 is 0 Å². The van der Waals surface area contributed by atoms with Crippen LogP contribution in [0.5, 0.6) is 11.5 Å². The second-order valence-electron chi connectivity index (χ2n) is 6.81. The Labute approximate surface area is 180 Å². The molecule has 0 unspecified atom stereocenters. The molecule has 3 aromatic carbocycles. The Morgan fingerprint density at radius 2 is 1.68 bits per heavy atom. The van der Waals surface area contributed by atoms with E-state index in [2.05, 4.69) is 10.3 Å². The van der Waals surface area contributed by atoms with Crippen LogP contribution in [0, 0.1) is 0 Å². The fourth-order valence-electron chi connectivity index (χ4n) is 3.27. The van der Waals surface area contributed by atoms with Gasteiger partial charge in [-0.1, -0.05) is 48.5 Å². The maximum Gasteiger partial charge on any atom is 0.252 e. The molecule has 6 nitrogen and oxygen atoms in total. The van der Waals surface area contributed by atoms with E-state index in [1.54, 1.807) is 26.5 Å². The summed E-state index contributed by atoms with van der Waals surface area (Å²) in [5.41, 5.74) is 2.95. The van der Waals surface area contributed by atoms with Gasteiger partial charge in [0.05, 0.1) is 26.0 Å². The first-order valence-corrected chi connectivity index (χ1v) is 9.79. The molecule has 0 fully saturated rings. The summed E-state index contributed by atoms with van der Waals surface area (Å²) in [4.78, 5) is 17.3. The number of hydrogen-bond acceptors (Lipinski definition) is 5. The van der Waals surface area contributed by atoms with Gasteiger partial charge in [-0.05, 0) is 29.8 Å². The number of aromatic nitrogens is 1. The summed E-state index contributed by atoms with van der Waals surface area (Å²) in [6, 6.07) is 22.5. The predicted molar refractivity (Wildman–Crippen MR) is 118 cm³/mol. The van der Waals surface area contributed by atoms with Crippen molar-refractivity contribution in [2.24, 2.45) is 0 Å². The molecule has 0 aliphatic carbocycles. The number of carbonyl (C=O) groups is 1. The lowest BCUT2D eigenvalue weighted by molar-refractivity contribution is 0.0951. The van der Waals surface area contributed by atoms with Gasteiger partial charge in [-0.15, -0.1) is 0 Å². The molecule has 0 saturated carbocycles. The zero-order valence-corrected chi connectivity index (χ0v) is 17.3. The van der Waals surface area contributed by atoms with Crippen LogP contribution in [-0.4, -0.2) is 25.1 Å². The summed E-state index contributed by atoms with van der Waals surface area (Å²) < 4.78 is 16.5. The van der Waals surface area contributed by atoms with Crippen molar-refractivity contribution in [1.29, 1.82) is 0 Å². The summed E-state index contributed by atoms with van der Waals surface area (Å²) in [5, 5.41) is 2.95. The van der Waals surface area contributed by atoms with Crippen LogP contribution in [0.25, 0.3) is 22.8 Å². The Kier molecular flexibility index (Phi) is 5.98. The highest BCUT2D eigenvalue weighted by molar-refractivity contribution is 6.00. The minimum absolute atomic E-state index is 0.218. The van der Waals surface area contributed by atoms with Gasteiger partial charge in [-0.2, -0.15) is 0 Å². The molecule has 0 bridgehead atoms. The van der Waals surface area contributed by atoms with Crippen LogP contribution >= 0.6 is 0 Å². The summed E-state index contributed by atoms with van der Waals surface area (Å²) in [6.07, 6.45) is 1.67. The Bertz CT molecular complexity index is 1190. The van der Waals surface area contributed by atoms with Gasteiger partial charge in [0, 0.05) is 17.7 Å². The number of nitrogens with one attached hydrogen (secondary N) is 1. The normalized spacial score (nSPS) is 10.5. The summed E-state index contributed by atoms with van der Waals surface area (Å²) in [5.74, 6) is 2.08. The van der Waals surface area contributed by atoms with Gasteiger partial charge >= 0.3 is 0 Å². The fraction of sp³-hybridized carbons (Fsp3) is 0.120. The SMILES string of the molecule is COc1ccc(CNC(=O)c2ccccc2-c2ncc(-c3ccccc3)o2)cc1OC. The third-order valence-corrected chi connectivity index (χ3v) is 4.87. The van der Waals surface area contributed by atoms with Crippen molar-refractivity contribution in [2.45, 2.75) is 6.54 Å². The van der Waals surface area contributed by atoms with Crippen molar-refractivity contribution >= 4 is 5.91 Å². The third kappa shape index (κ3) is 4.43. The van der Waals surface area contributed by atoms with Crippen LogP contribution in [0.2, 0.25) is 0 Å². The van der Waals surface area contributed by atoms with E-state index in [0.717, 1.165) is 11.1 Å². The Hall–Kier alpha value is -4.06. The van der Waals surface area contributed by atoms with Crippen LogP contribution < -0.4 is 14.8 Å². The highest BCUT2D eigenvalue weighted by Gasteiger charge is 2.17. The highest BCUT2D eigenvalue weighted by atomic mass is 16.5. The number of oxazole rings is 1. The quantitative estimate of drug-likeness (QED) is 0.463. The van der Waals surface area contributed by atoms with E-state index in [-0.39, 0.29) is 5.91 Å². The van der Waals surface area contributed by atoms with E-state index < -0.39 is 0 Å². The second kappa shape index (κ2) is 9.17. The lowest BCUT2D eigenvalue weighted by Crippen LogP contribution is -2.23. The number of rotatable bonds is 7. The van der Waals surface area contributed by atoms with E-state index in [1.807, 2.05) is 66.7 Å². The van der Waals surface area contributed by atoms with Gasteiger partial charge in [0.25, 0.3) is 5.91 Å². The minimum Gasteiger partial charge on any atom is -0.493 e. The van der Waals surface area contributed by atoms with Gasteiger partial charge in [-0.3, -0.25) is 4.79 Å². The molecule has 0 spiro atoms. The molecule has 0 aliphatic rings. The molecule has 4 rings (SSSR count). The van der Waals surface area contributed by atoms with Crippen molar-refractivity contribution in [2.75, 3.05) is 14.2 Å². The van der Waals surface area contributed by atoms with E-state index in [0.29, 0.717) is 40.8 Å². The Balaban J connectivity index is 1.54. The Morgan fingerprint density at radius 3 is 2.45 bits per heavy atom. The fourth-order valence-corrected chi connectivity index (χ4v) is 3.27. The van der Waals surface area contributed by atoms with E-state index in [9.17, 15) is 4.79 Å². The molecule has 1 amide bonds. The molecule has 0 radical (unpaired) electrons. The summed E-state index contributed by atoms with van der Waals surface area (Å²) >= 11 is 0. The first-order chi connectivity index (χ1) is 15.2. The first kappa shape index (κ1) is 20.2. The van der Waals surface area contributed by atoms with Crippen LogP contribution in [0.3, 0.4) is 0 Å². The van der Waals surface area contributed by atoms with E-state index in [1.165, 1.54) is 0 Å². The standard InChI is InChI=1S/C25H22N2O4/c1-29-21-13-12-17(14-22(21)30-2)15-26-24(28)19-10-6-7-11-20(19)25-27-16-23(31-25)18-8-4-3-5-9-18/h3-14,16H,15H2,1-2H3,(H,26,28). The number of hydrogen-bond donors (Lipinski definition) is 1. The highest BCUT2D eigenvalue weighted by Crippen LogP contribution is 2.29. The molecule has 156 valence electrons. The number of carbonyl (C=O) groups excluding carboxylic acids is 1. The molecule has 0 saturated heterocycles. The van der Waals surface area contributed by atoms with Crippen molar-refractivity contribution in [3.05, 3.63) is 90.1 Å². The first-order valence-electron chi connectivity index (χ1n) is 9.79. The lowest BCUT2D eigenvalue weighted by Gasteiger charge is -2.11. The molecule has 1 aromatic heterocycles. The van der Waals surface area contributed by atoms with E-state index in [4.69, 9.17) is 13.9 Å². The smallest absolute Gasteiger partial charge is 0.252 e. The van der Waals surface area contributed by atoms with Gasteiger partial charge in [-0.25, -0.2) is 4.98 Å². The Morgan fingerprint density at radius 1 is 0.935 bits per heavy atom. The van der Waals surface area contributed by atoms with Crippen LogP contribution in [0.1, 0.15) is 15.9 Å². The monoisotopic (exact) mass is 414 g/mol. The van der Waals surface area contributed by atoms with Gasteiger partial charge in [0.1, 0.15) is 0 Å². The minimum atomic E-state index is -0.218. The molecule has 0 aliphatic heterocycles. The number of ether oxygens (including phenoxy) is 2. The van der Waals surface area contributed by atoms with Gasteiger partial charge < -0.3 is 19.2 Å². The molecular formula is C25H22N2O4. The zero-order valence-electron chi connectivity index (χ0n) is 17.3. The second-order valence-corrected chi connectivity index (χ2v) is 6.81. The number of nitrogens with zero attached hydrogens (tertiary/aromatic N) is 1.